The van der Waals surface area contributed by atoms with E-state index in [1.54, 1.807) is 6.20 Å². The van der Waals surface area contributed by atoms with Gasteiger partial charge in [0.25, 0.3) is 0 Å². The van der Waals surface area contributed by atoms with E-state index >= 15 is 0 Å². The fourth-order valence-electron chi connectivity index (χ4n) is 2.05. The van der Waals surface area contributed by atoms with E-state index in [9.17, 15) is 0 Å². The average molecular weight is 308 g/mol. The monoisotopic (exact) mass is 308 g/mol. The Morgan fingerprint density at radius 3 is 2.55 bits per heavy atom. The first-order valence-electron chi connectivity index (χ1n) is 6.97. The summed E-state index contributed by atoms with van der Waals surface area (Å²) in [5, 5.41) is 4.07. The Hall–Kier alpha value is -2.40. The van der Waals surface area contributed by atoms with Gasteiger partial charge in [0.1, 0.15) is 5.82 Å². The van der Waals surface area contributed by atoms with Gasteiger partial charge in [0.15, 0.2) is 5.16 Å². The molecular weight excluding hydrogens is 292 g/mol. The Labute approximate surface area is 134 Å². The van der Waals surface area contributed by atoms with E-state index in [1.807, 2.05) is 48.7 Å². The lowest BCUT2D eigenvalue weighted by atomic mass is 10.1. The van der Waals surface area contributed by atoms with Crippen molar-refractivity contribution in [3.05, 3.63) is 66.5 Å². The Morgan fingerprint density at radius 1 is 1.00 bits per heavy atom. The zero-order chi connectivity index (χ0) is 15.2. The average Bonchev–Trinajstić information content (AvgIpc) is 2.61. The number of thioether (sulfide) groups is 1. The number of anilines is 1. The summed E-state index contributed by atoms with van der Waals surface area (Å²) in [4.78, 5) is 13.4. The molecule has 22 heavy (non-hydrogen) atoms. The highest BCUT2D eigenvalue weighted by atomic mass is 32.2. The molecule has 1 aromatic carbocycles. The second kappa shape index (κ2) is 7.04. The van der Waals surface area contributed by atoms with Crippen LogP contribution >= 0.6 is 11.8 Å². The van der Waals surface area contributed by atoms with Gasteiger partial charge in [0, 0.05) is 17.8 Å². The van der Waals surface area contributed by atoms with Crippen LogP contribution in [0.15, 0.2) is 66.0 Å². The molecule has 2 heterocycles. The van der Waals surface area contributed by atoms with Crippen LogP contribution in [0.1, 0.15) is 5.69 Å². The van der Waals surface area contributed by atoms with Crippen LogP contribution in [-0.2, 0) is 6.54 Å². The van der Waals surface area contributed by atoms with Gasteiger partial charge in [0.05, 0.1) is 17.9 Å². The fourth-order valence-corrected chi connectivity index (χ4v) is 2.43. The molecule has 3 aromatic rings. The van der Waals surface area contributed by atoms with E-state index in [1.165, 1.54) is 11.8 Å². The van der Waals surface area contributed by atoms with Crippen LogP contribution < -0.4 is 5.32 Å². The maximum Gasteiger partial charge on any atom is 0.189 e. The molecule has 4 nitrogen and oxygen atoms in total. The maximum absolute atomic E-state index is 4.57. The Kier molecular flexibility index (Phi) is 4.65. The first kappa shape index (κ1) is 14.5. The van der Waals surface area contributed by atoms with Crippen LogP contribution in [0.2, 0.25) is 0 Å². The third-order valence-corrected chi connectivity index (χ3v) is 3.68. The lowest BCUT2D eigenvalue weighted by molar-refractivity contribution is 0.950. The van der Waals surface area contributed by atoms with Gasteiger partial charge in [-0.3, -0.25) is 4.98 Å². The standard InChI is InChI=1S/C17H16N4S/c1-22-17-20-15(13-7-3-2-4-8-13)11-16(21-17)19-12-14-9-5-6-10-18-14/h2-11H,12H2,1H3,(H,19,20,21). The normalized spacial score (nSPS) is 10.4. The summed E-state index contributed by atoms with van der Waals surface area (Å²) in [6.07, 6.45) is 3.77. The van der Waals surface area contributed by atoms with E-state index < -0.39 is 0 Å². The Balaban J connectivity index is 1.85. The molecule has 0 aliphatic carbocycles. The number of nitrogens with zero attached hydrogens (tertiary/aromatic N) is 3. The molecule has 0 saturated heterocycles. The van der Waals surface area contributed by atoms with Crippen molar-refractivity contribution in [3.63, 3.8) is 0 Å². The van der Waals surface area contributed by atoms with Crippen molar-refractivity contribution >= 4 is 17.6 Å². The first-order valence-corrected chi connectivity index (χ1v) is 8.20. The summed E-state index contributed by atoms with van der Waals surface area (Å²) in [6.45, 7) is 0.639. The maximum atomic E-state index is 4.57. The molecular formula is C17H16N4S. The predicted octanol–water partition coefficient (Wildman–Crippen LogP) is 3.87. The fraction of sp³-hybridized carbons (Fsp3) is 0.118. The van der Waals surface area contributed by atoms with Crippen molar-refractivity contribution in [3.8, 4) is 11.3 Å². The SMILES string of the molecule is CSc1nc(NCc2ccccn2)cc(-c2ccccc2)n1. The van der Waals surface area contributed by atoms with E-state index in [2.05, 4.69) is 32.4 Å². The summed E-state index contributed by atoms with van der Waals surface area (Å²) >= 11 is 1.54. The largest absolute Gasteiger partial charge is 0.364 e. The van der Waals surface area contributed by atoms with Crippen LogP contribution in [0.4, 0.5) is 5.82 Å². The molecule has 2 aromatic heterocycles. The number of hydrogen-bond acceptors (Lipinski definition) is 5. The molecule has 0 fully saturated rings. The van der Waals surface area contributed by atoms with Crippen molar-refractivity contribution < 1.29 is 0 Å². The summed E-state index contributed by atoms with van der Waals surface area (Å²) in [6, 6.07) is 18.0. The van der Waals surface area contributed by atoms with Gasteiger partial charge in [-0.2, -0.15) is 0 Å². The number of pyridine rings is 1. The molecule has 110 valence electrons. The molecule has 0 spiro atoms. The molecule has 0 atom stereocenters. The molecule has 0 aliphatic rings. The Morgan fingerprint density at radius 2 is 1.82 bits per heavy atom. The number of aromatic nitrogens is 3. The highest BCUT2D eigenvalue weighted by Crippen LogP contribution is 2.22. The minimum absolute atomic E-state index is 0.639. The van der Waals surface area contributed by atoms with Gasteiger partial charge in [-0.25, -0.2) is 9.97 Å². The highest BCUT2D eigenvalue weighted by molar-refractivity contribution is 7.98. The minimum atomic E-state index is 0.639. The van der Waals surface area contributed by atoms with E-state index in [-0.39, 0.29) is 0 Å². The zero-order valence-corrected chi connectivity index (χ0v) is 13.0. The second-order valence-electron chi connectivity index (χ2n) is 4.67. The van der Waals surface area contributed by atoms with Gasteiger partial charge in [-0.1, -0.05) is 48.2 Å². The molecule has 5 heteroatoms. The summed E-state index contributed by atoms with van der Waals surface area (Å²) in [5.74, 6) is 0.809. The summed E-state index contributed by atoms with van der Waals surface area (Å²) < 4.78 is 0. The van der Waals surface area contributed by atoms with Gasteiger partial charge in [-0.15, -0.1) is 0 Å². The molecule has 3 rings (SSSR count). The predicted molar refractivity (Wildman–Crippen MR) is 90.8 cm³/mol. The lowest BCUT2D eigenvalue weighted by Crippen LogP contribution is -2.04. The van der Waals surface area contributed by atoms with Crippen molar-refractivity contribution in [1.29, 1.82) is 0 Å². The minimum Gasteiger partial charge on any atom is -0.364 e. The quantitative estimate of drug-likeness (QED) is 0.573. The van der Waals surface area contributed by atoms with Crippen LogP contribution in [0.5, 0.6) is 0 Å². The van der Waals surface area contributed by atoms with Crippen molar-refractivity contribution in [1.82, 2.24) is 15.0 Å². The van der Waals surface area contributed by atoms with Crippen molar-refractivity contribution in [2.45, 2.75) is 11.7 Å². The van der Waals surface area contributed by atoms with Gasteiger partial charge < -0.3 is 5.32 Å². The zero-order valence-electron chi connectivity index (χ0n) is 12.2. The molecule has 0 amide bonds. The number of nitrogens with one attached hydrogen (secondary N) is 1. The van der Waals surface area contributed by atoms with Crippen LogP contribution in [0.3, 0.4) is 0 Å². The number of rotatable bonds is 5. The smallest absolute Gasteiger partial charge is 0.189 e. The highest BCUT2D eigenvalue weighted by Gasteiger charge is 2.06. The molecule has 0 aliphatic heterocycles. The molecule has 0 saturated carbocycles. The van der Waals surface area contributed by atoms with Gasteiger partial charge >= 0.3 is 0 Å². The van der Waals surface area contributed by atoms with Crippen LogP contribution in [-0.4, -0.2) is 21.2 Å². The van der Waals surface area contributed by atoms with E-state index in [4.69, 9.17) is 0 Å². The van der Waals surface area contributed by atoms with Crippen LogP contribution in [0, 0.1) is 0 Å². The van der Waals surface area contributed by atoms with Crippen molar-refractivity contribution in [2.75, 3.05) is 11.6 Å². The first-order chi connectivity index (χ1) is 10.8. The van der Waals surface area contributed by atoms with E-state index in [0.29, 0.717) is 6.54 Å². The third kappa shape index (κ3) is 3.62. The Bertz CT molecular complexity index is 732. The second-order valence-corrected chi connectivity index (χ2v) is 5.44. The van der Waals surface area contributed by atoms with Gasteiger partial charge in [-0.05, 0) is 18.4 Å². The van der Waals surface area contributed by atoms with Crippen LogP contribution in [0.25, 0.3) is 11.3 Å². The summed E-state index contributed by atoms with van der Waals surface area (Å²) in [5.41, 5.74) is 2.98. The summed E-state index contributed by atoms with van der Waals surface area (Å²) in [7, 11) is 0. The molecule has 0 radical (unpaired) electrons. The lowest BCUT2D eigenvalue weighted by Gasteiger charge is -2.09. The third-order valence-electron chi connectivity index (χ3n) is 3.13. The number of hydrogen-bond donors (Lipinski definition) is 1. The molecule has 0 bridgehead atoms. The van der Waals surface area contributed by atoms with Crippen molar-refractivity contribution in [2.24, 2.45) is 0 Å². The topological polar surface area (TPSA) is 50.7 Å². The molecule has 1 N–H and O–H groups in total. The number of benzene rings is 1. The van der Waals surface area contributed by atoms with E-state index in [0.717, 1.165) is 27.9 Å². The molecule has 0 unspecified atom stereocenters. The van der Waals surface area contributed by atoms with Gasteiger partial charge in [0.2, 0.25) is 0 Å².